The topological polar surface area (TPSA) is 30.0 Å². The second kappa shape index (κ2) is 5.46. The lowest BCUT2D eigenvalue weighted by Crippen LogP contribution is -2.05. The molecule has 1 heterocycles. The predicted octanol–water partition coefficient (Wildman–Crippen LogP) is 3.95. The summed E-state index contributed by atoms with van der Waals surface area (Å²) in [6, 6.07) is 7.11. The number of pyridine rings is 1. The maximum atomic E-state index is 13.5. The van der Waals surface area contributed by atoms with E-state index in [2.05, 4.69) is 4.98 Å². The van der Waals surface area contributed by atoms with E-state index in [9.17, 15) is 9.18 Å². The van der Waals surface area contributed by atoms with E-state index in [-0.39, 0.29) is 22.9 Å². The first-order valence-electron chi connectivity index (χ1n) is 5.15. The number of Topliss-reactive ketones (excluding diaryl/α,β-unsaturated/α-hetero) is 1. The molecule has 0 saturated heterocycles. The van der Waals surface area contributed by atoms with Gasteiger partial charge < -0.3 is 0 Å². The minimum absolute atomic E-state index is 0.0628. The Morgan fingerprint density at radius 3 is 2.72 bits per heavy atom. The Labute approximate surface area is 113 Å². The highest BCUT2D eigenvalue weighted by Gasteiger charge is 2.11. The van der Waals surface area contributed by atoms with Crippen LogP contribution in [0.3, 0.4) is 0 Å². The van der Waals surface area contributed by atoms with Gasteiger partial charge in [-0.15, -0.1) is 0 Å². The van der Waals surface area contributed by atoms with E-state index in [1.54, 1.807) is 0 Å². The van der Waals surface area contributed by atoms with Gasteiger partial charge in [0.15, 0.2) is 5.78 Å². The van der Waals surface area contributed by atoms with Gasteiger partial charge in [-0.25, -0.2) is 9.37 Å². The smallest absolute Gasteiger partial charge is 0.167 e. The Bertz CT molecular complexity index is 601. The molecule has 2 rings (SSSR count). The van der Waals surface area contributed by atoms with Crippen molar-refractivity contribution < 1.29 is 9.18 Å². The summed E-state index contributed by atoms with van der Waals surface area (Å²) in [6.07, 6.45) is 1.37. The molecule has 0 unspecified atom stereocenters. The van der Waals surface area contributed by atoms with Crippen molar-refractivity contribution in [2.75, 3.05) is 0 Å². The number of halogens is 3. The molecule has 0 aliphatic heterocycles. The van der Waals surface area contributed by atoms with Crippen LogP contribution >= 0.6 is 23.2 Å². The number of hydrogen-bond donors (Lipinski definition) is 0. The van der Waals surface area contributed by atoms with E-state index >= 15 is 0 Å². The molecule has 0 aliphatic carbocycles. The highest BCUT2D eigenvalue weighted by Crippen LogP contribution is 2.17. The van der Waals surface area contributed by atoms with Gasteiger partial charge in [0.2, 0.25) is 0 Å². The van der Waals surface area contributed by atoms with Crippen LogP contribution in [0.15, 0.2) is 36.5 Å². The maximum absolute atomic E-state index is 13.5. The second-order valence-electron chi connectivity index (χ2n) is 3.70. The van der Waals surface area contributed by atoms with E-state index < -0.39 is 5.82 Å². The zero-order chi connectivity index (χ0) is 13.1. The molecule has 0 fully saturated rings. The van der Waals surface area contributed by atoms with Gasteiger partial charge in [0.05, 0.1) is 0 Å². The molecular weight excluding hydrogens is 276 g/mol. The van der Waals surface area contributed by atoms with Crippen molar-refractivity contribution in [1.82, 2.24) is 4.98 Å². The molecule has 0 spiro atoms. The number of nitrogens with zero attached hydrogens (tertiary/aromatic N) is 1. The summed E-state index contributed by atoms with van der Waals surface area (Å²) in [5, 5.41) is 0.624. The molecule has 0 aliphatic rings. The van der Waals surface area contributed by atoms with E-state index in [4.69, 9.17) is 23.2 Å². The minimum atomic E-state index is -0.451. The van der Waals surface area contributed by atoms with E-state index in [0.29, 0.717) is 10.6 Å². The Morgan fingerprint density at radius 1 is 1.22 bits per heavy atom. The molecule has 18 heavy (non-hydrogen) atoms. The van der Waals surface area contributed by atoms with Gasteiger partial charge in [0.25, 0.3) is 0 Å². The number of carbonyl (C=O) groups excluding carboxylic acids is 1. The summed E-state index contributed by atoms with van der Waals surface area (Å²) >= 11 is 11.5. The van der Waals surface area contributed by atoms with Gasteiger partial charge in [-0.05, 0) is 35.9 Å². The van der Waals surface area contributed by atoms with Crippen LogP contribution in [0.1, 0.15) is 15.9 Å². The van der Waals surface area contributed by atoms with Crippen LogP contribution in [0.2, 0.25) is 10.2 Å². The first kappa shape index (κ1) is 13.0. The molecule has 92 valence electrons. The Hall–Kier alpha value is -1.45. The van der Waals surface area contributed by atoms with E-state index in [1.807, 2.05) is 0 Å². The molecule has 0 bridgehead atoms. The van der Waals surface area contributed by atoms with Crippen molar-refractivity contribution in [2.24, 2.45) is 0 Å². The highest BCUT2D eigenvalue weighted by atomic mass is 35.5. The molecule has 1 aromatic heterocycles. The molecule has 0 radical (unpaired) electrons. The van der Waals surface area contributed by atoms with Crippen LogP contribution < -0.4 is 0 Å². The summed E-state index contributed by atoms with van der Waals surface area (Å²) in [4.78, 5) is 15.7. The number of ketones is 1. The van der Waals surface area contributed by atoms with E-state index in [0.717, 1.165) is 0 Å². The Kier molecular flexibility index (Phi) is 3.94. The molecule has 0 N–H and O–H groups in total. The Morgan fingerprint density at radius 2 is 2.00 bits per heavy atom. The fourth-order valence-corrected chi connectivity index (χ4v) is 1.90. The van der Waals surface area contributed by atoms with Gasteiger partial charge in [-0.3, -0.25) is 4.79 Å². The van der Waals surface area contributed by atoms with Gasteiger partial charge in [-0.1, -0.05) is 23.2 Å². The fourth-order valence-electron chi connectivity index (χ4n) is 1.53. The van der Waals surface area contributed by atoms with Crippen LogP contribution in [0, 0.1) is 5.82 Å². The standard InChI is InChI=1S/C13H8Cl2FNO/c14-10-1-2-11(16)9(5-10)6-12(18)8-3-4-17-13(15)7-8/h1-5,7H,6H2. The molecule has 5 heteroatoms. The van der Waals surface area contributed by atoms with Crippen molar-refractivity contribution in [2.45, 2.75) is 6.42 Å². The fraction of sp³-hybridized carbons (Fsp3) is 0.0769. The summed E-state index contributed by atoms with van der Waals surface area (Å²) in [7, 11) is 0. The van der Waals surface area contributed by atoms with Crippen LogP contribution in [-0.2, 0) is 6.42 Å². The molecule has 0 saturated carbocycles. The normalized spacial score (nSPS) is 10.4. The summed E-state index contributed by atoms with van der Waals surface area (Å²) < 4.78 is 13.5. The third-order valence-corrected chi connectivity index (χ3v) is 2.85. The number of rotatable bonds is 3. The van der Waals surface area contributed by atoms with Crippen molar-refractivity contribution >= 4 is 29.0 Å². The number of aromatic nitrogens is 1. The first-order valence-corrected chi connectivity index (χ1v) is 5.90. The quantitative estimate of drug-likeness (QED) is 0.631. The van der Waals surface area contributed by atoms with Crippen LogP contribution in [0.4, 0.5) is 4.39 Å². The largest absolute Gasteiger partial charge is 0.294 e. The lowest BCUT2D eigenvalue weighted by molar-refractivity contribution is 0.0991. The maximum Gasteiger partial charge on any atom is 0.167 e. The zero-order valence-electron chi connectivity index (χ0n) is 9.16. The average Bonchev–Trinajstić information content (AvgIpc) is 2.34. The van der Waals surface area contributed by atoms with E-state index in [1.165, 1.54) is 36.5 Å². The highest BCUT2D eigenvalue weighted by molar-refractivity contribution is 6.30. The zero-order valence-corrected chi connectivity index (χ0v) is 10.7. The molecule has 0 atom stereocenters. The number of benzene rings is 1. The third kappa shape index (κ3) is 3.06. The predicted molar refractivity (Wildman–Crippen MR) is 68.7 cm³/mol. The number of hydrogen-bond acceptors (Lipinski definition) is 2. The molecule has 1 aromatic carbocycles. The molecule has 2 nitrogen and oxygen atoms in total. The lowest BCUT2D eigenvalue weighted by Gasteiger charge is -2.04. The number of carbonyl (C=O) groups is 1. The monoisotopic (exact) mass is 283 g/mol. The summed E-state index contributed by atoms with van der Waals surface area (Å²) in [5.41, 5.74) is 0.662. The summed E-state index contributed by atoms with van der Waals surface area (Å²) in [6.45, 7) is 0. The molecule has 0 amide bonds. The second-order valence-corrected chi connectivity index (χ2v) is 4.53. The van der Waals surface area contributed by atoms with Gasteiger partial charge in [0.1, 0.15) is 11.0 Å². The van der Waals surface area contributed by atoms with Crippen LogP contribution in [0.5, 0.6) is 0 Å². The van der Waals surface area contributed by atoms with Gasteiger partial charge in [-0.2, -0.15) is 0 Å². The van der Waals surface area contributed by atoms with Crippen LogP contribution in [0.25, 0.3) is 0 Å². The molecular formula is C13H8Cl2FNO. The van der Waals surface area contributed by atoms with Crippen molar-refractivity contribution in [3.63, 3.8) is 0 Å². The van der Waals surface area contributed by atoms with Gasteiger partial charge >= 0.3 is 0 Å². The van der Waals surface area contributed by atoms with Crippen molar-refractivity contribution in [3.05, 3.63) is 63.6 Å². The lowest BCUT2D eigenvalue weighted by atomic mass is 10.0. The third-order valence-electron chi connectivity index (χ3n) is 2.41. The molecule has 2 aromatic rings. The summed E-state index contributed by atoms with van der Waals surface area (Å²) in [5.74, 6) is -0.687. The first-order chi connectivity index (χ1) is 8.56. The average molecular weight is 284 g/mol. The van der Waals surface area contributed by atoms with Crippen molar-refractivity contribution in [3.8, 4) is 0 Å². The van der Waals surface area contributed by atoms with Gasteiger partial charge in [0, 0.05) is 23.2 Å². The van der Waals surface area contributed by atoms with Crippen LogP contribution in [-0.4, -0.2) is 10.8 Å². The SMILES string of the molecule is O=C(Cc1cc(Cl)ccc1F)c1ccnc(Cl)c1. The Balaban J connectivity index is 2.24. The minimum Gasteiger partial charge on any atom is -0.294 e. The van der Waals surface area contributed by atoms with Crippen molar-refractivity contribution in [1.29, 1.82) is 0 Å².